The fraction of sp³-hybridized carbons (Fsp3) is 0.188. The third-order valence-electron chi connectivity index (χ3n) is 3.14. The average molecular weight is 318 g/mol. The molecule has 0 spiro atoms. The molecule has 0 heterocycles. The van der Waals surface area contributed by atoms with Crippen LogP contribution < -0.4 is 4.72 Å². The minimum absolute atomic E-state index is 0.183. The lowest BCUT2D eigenvalue weighted by molar-refractivity contribution is 0.318. The van der Waals surface area contributed by atoms with Crippen molar-refractivity contribution in [1.29, 1.82) is 0 Å². The quantitative estimate of drug-likeness (QED) is 0.486. The van der Waals surface area contributed by atoms with E-state index >= 15 is 0 Å². The second-order valence-corrected chi connectivity index (χ2v) is 6.44. The number of para-hydroxylation sites is 1. The zero-order chi connectivity index (χ0) is 16.0. The smallest absolute Gasteiger partial charge is 0.261 e. The Balaban J connectivity index is 2.39. The Morgan fingerprint density at radius 2 is 1.73 bits per heavy atom. The van der Waals surface area contributed by atoms with E-state index in [1.54, 1.807) is 42.5 Å². The summed E-state index contributed by atoms with van der Waals surface area (Å²) in [5.74, 6) is 0. The van der Waals surface area contributed by atoms with E-state index < -0.39 is 10.0 Å². The van der Waals surface area contributed by atoms with E-state index in [4.69, 9.17) is 5.21 Å². The third-order valence-corrected chi connectivity index (χ3v) is 4.52. The lowest BCUT2D eigenvalue weighted by atomic mass is 10.0. The summed E-state index contributed by atoms with van der Waals surface area (Å²) in [5.41, 5.74) is 1.42. The minimum atomic E-state index is -3.68. The molecule has 0 saturated carbocycles. The normalized spacial score (nSPS) is 12.1. The van der Waals surface area contributed by atoms with Gasteiger partial charge in [0.1, 0.15) is 0 Å². The van der Waals surface area contributed by atoms with Gasteiger partial charge in [0.25, 0.3) is 10.0 Å². The molecule has 0 radical (unpaired) electrons. The first-order chi connectivity index (χ1) is 10.6. The molecule has 2 aromatic rings. The second-order valence-electron chi connectivity index (χ2n) is 4.76. The summed E-state index contributed by atoms with van der Waals surface area (Å²) < 4.78 is 27.4. The largest absolute Gasteiger partial charge is 0.411 e. The molecule has 0 fully saturated rings. The molecule has 22 heavy (non-hydrogen) atoms. The van der Waals surface area contributed by atoms with E-state index in [0.717, 1.165) is 6.42 Å². The standard InChI is InChI=1S/C16H18N2O3S/c1-2-8-15(17-19)14-11-6-7-12-16(14)18-22(20,21)13-9-4-3-5-10-13/h3-7,9-12,18-19H,2,8H2,1H3/b17-15-. The number of oxime groups is 1. The molecule has 5 nitrogen and oxygen atoms in total. The number of nitrogens with zero attached hydrogens (tertiary/aromatic N) is 1. The van der Waals surface area contributed by atoms with Gasteiger partial charge < -0.3 is 5.21 Å². The molecule has 0 aliphatic carbocycles. The van der Waals surface area contributed by atoms with E-state index in [1.807, 2.05) is 6.92 Å². The maximum absolute atomic E-state index is 12.4. The first-order valence-electron chi connectivity index (χ1n) is 6.96. The van der Waals surface area contributed by atoms with Gasteiger partial charge >= 0.3 is 0 Å². The SMILES string of the molecule is CCC/C(=N/O)c1ccccc1NS(=O)(=O)c1ccccc1. The molecule has 116 valence electrons. The van der Waals surface area contributed by atoms with Crippen LogP contribution in [0.1, 0.15) is 25.3 Å². The first-order valence-corrected chi connectivity index (χ1v) is 8.45. The van der Waals surface area contributed by atoms with Gasteiger partial charge in [-0.15, -0.1) is 0 Å². The minimum Gasteiger partial charge on any atom is -0.411 e. The molecular formula is C16H18N2O3S. The summed E-state index contributed by atoms with van der Waals surface area (Å²) in [5, 5.41) is 12.5. The van der Waals surface area contributed by atoms with Crippen LogP contribution in [0.3, 0.4) is 0 Å². The van der Waals surface area contributed by atoms with Crippen molar-refractivity contribution in [2.45, 2.75) is 24.7 Å². The highest BCUT2D eigenvalue weighted by Gasteiger charge is 2.17. The van der Waals surface area contributed by atoms with Gasteiger partial charge in [0.05, 0.1) is 16.3 Å². The lowest BCUT2D eigenvalue weighted by Gasteiger charge is -2.13. The van der Waals surface area contributed by atoms with Crippen molar-refractivity contribution in [3.05, 3.63) is 60.2 Å². The number of hydrogen-bond donors (Lipinski definition) is 2. The van der Waals surface area contributed by atoms with Crippen LogP contribution in [0.2, 0.25) is 0 Å². The zero-order valence-corrected chi connectivity index (χ0v) is 13.0. The van der Waals surface area contributed by atoms with Gasteiger partial charge in [0.15, 0.2) is 0 Å². The number of rotatable bonds is 6. The molecule has 0 aromatic heterocycles. The number of anilines is 1. The van der Waals surface area contributed by atoms with Crippen LogP contribution in [-0.2, 0) is 10.0 Å². The van der Waals surface area contributed by atoms with Crippen molar-refractivity contribution in [1.82, 2.24) is 0 Å². The fourth-order valence-electron chi connectivity index (χ4n) is 2.10. The van der Waals surface area contributed by atoms with Gasteiger partial charge in [-0.05, 0) is 24.6 Å². The highest BCUT2D eigenvalue weighted by Crippen LogP contribution is 2.22. The van der Waals surface area contributed by atoms with Crippen molar-refractivity contribution in [3.63, 3.8) is 0 Å². The monoisotopic (exact) mass is 318 g/mol. The van der Waals surface area contributed by atoms with Crippen LogP contribution in [0, 0.1) is 0 Å². The Kier molecular flexibility index (Phi) is 5.16. The molecule has 2 aromatic carbocycles. The Hall–Kier alpha value is -2.34. The molecule has 0 unspecified atom stereocenters. The summed E-state index contributed by atoms with van der Waals surface area (Å²) in [6.45, 7) is 1.96. The molecular weight excluding hydrogens is 300 g/mol. The van der Waals surface area contributed by atoms with Gasteiger partial charge in [-0.1, -0.05) is 54.9 Å². The Morgan fingerprint density at radius 3 is 2.36 bits per heavy atom. The summed E-state index contributed by atoms with van der Waals surface area (Å²) in [6.07, 6.45) is 1.35. The summed E-state index contributed by atoms with van der Waals surface area (Å²) in [4.78, 5) is 0.183. The molecule has 0 atom stereocenters. The number of nitrogens with one attached hydrogen (secondary N) is 1. The van der Waals surface area contributed by atoms with E-state index in [2.05, 4.69) is 9.88 Å². The zero-order valence-electron chi connectivity index (χ0n) is 12.2. The molecule has 0 saturated heterocycles. The summed E-state index contributed by atoms with van der Waals surface area (Å²) in [6, 6.07) is 15.0. The predicted octanol–water partition coefficient (Wildman–Crippen LogP) is 3.47. The fourth-order valence-corrected chi connectivity index (χ4v) is 3.20. The van der Waals surface area contributed by atoms with Gasteiger partial charge in [0, 0.05) is 5.56 Å². The first kappa shape index (κ1) is 16.0. The summed E-state index contributed by atoms with van der Waals surface area (Å²) in [7, 11) is -3.68. The topological polar surface area (TPSA) is 78.8 Å². The maximum atomic E-state index is 12.4. The van der Waals surface area contributed by atoms with E-state index in [0.29, 0.717) is 23.4 Å². The van der Waals surface area contributed by atoms with Crippen LogP contribution >= 0.6 is 0 Å². The maximum Gasteiger partial charge on any atom is 0.261 e. The second kappa shape index (κ2) is 7.09. The van der Waals surface area contributed by atoms with Gasteiger partial charge in [-0.3, -0.25) is 4.72 Å². The van der Waals surface area contributed by atoms with Gasteiger partial charge in [-0.25, -0.2) is 8.42 Å². The van der Waals surface area contributed by atoms with Gasteiger partial charge in [-0.2, -0.15) is 0 Å². The van der Waals surface area contributed by atoms with Crippen LogP contribution in [-0.4, -0.2) is 19.3 Å². The van der Waals surface area contributed by atoms with Crippen molar-refractivity contribution < 1.29 is 13.6 Å². The van der Waals surface area contributed by atoms with Crippen molar-refractivity contribution in [3.8, 4) is 0 Å². The van der Waals surface area contributed by atoms with E-state index in [1.165, 1.54) is 12.1 Å². The highest BCUT2D eigenvalue weighted by atomic mass is 32.2. The predicted molar refractivity (Wildman–Crippen MR) is 86.9 cm³/mol. The van der Waals surface area contributed by atoms with Crippen molar-refractivity contribution >= 4 is 21.4 Å². The van der Waals surface area contributed by atoms with Crippen LogP contribution in [0.5, 0.6) is 0 Å². The highest BCUT2D eigenvalue weighted by molar-refractivity contribution is 7.92. The molecule has 0 aliphatic rings. The number of hydrogen-bond acceptors (Lipinski definition) is 4. The molecule has 0 amide bonds. The van der Waals surface area contributed by atoms with Crippen LogP contribution in [0.4, 0.5) is 5.69 Å². The van der Waals surface area contributed by atoms with Crippen molar-refractivity contribution in [2.75, 3.05) is 4.72 Å². The number of benzene rings is 2. The van der Waals surface area contributed by atoms with Crippen molar-refractivity contribution in [2.24, 2.45) is 5.16 Å². The molecule has 6 heteroatoms. The molecule has 0 aliphatic heterocycles. The van der Waals surface area contributed by atoms with Gasteiger partial charge in [0.2, 0.25) is 0 Å². The third kappa shape index (κ3) is 3.65. The molecule has 2 rings (SSSR count). The van der Waals surface area contributed by atoms with E-state index in [-0.39, 0.29) is 4.90 Å². The van der Waals surface area contributed by atoms with Crippen LogP contribution in [0.15, 0.2) is 64.6 Å². The average Bonchev–Trinajstić information content (AvgIpc) is 2.54. The Morgan fingerprint density at radius 1 is 1.09 bits per heavy atom. The summed E-state index contributed by atoms with van der Waals surface area (Å²) >= 11 is 0. The Labute approximate surface area is 130 Å². The molecule has 2 N–H and O–H groups in total. The van der Waals surface area contributed by atoms with E-state index in [9.17, 15) is 8.42 Å². The number of sulfonamides is 1. The molecule has 0 bridgehead atoms. The lowest BCUT2D eigenvalue weighted by Crippen LogP contribution is -2.15. The van der Waals surface area contributed by atoms with Crippen LogP contribution in [0.25, 0.3) is 0 Å². The Bertz CT molecular complexity index is 756.